The van der Waals surface area contributed by atoms with Crippen molar-refractivity contribution >= 4 is 18.3 Å². The number of nitrogens with two attached hydrogens (primary N) is 1. The Balaban J connectivity index is 0.00000225. The smallest absolute Gasteiger partial charge is 0.237 e. The standard InChI is InChI=1S/C12H24N2O.ClH/c1-2-7-11(13)12(15)14-10-8-5-3-4-6-9-10;/h10-11H,2-9,13H2,1H3,(H,14,15);1H. The minimum absolute atomic E-state index is 0. The van der Waals surface area contributed by atoms with E-state index >= 15 is 0 Å². The minimum atomic E-state index is -0.307. The van der Waals surface area contributed by atoms with E-state index in [2.05, 4.69) is 12.2 Å². The van der Waals surface area contributed by atoms with Gasteiger partial charge in [-0.3, -0.25) is 4.79 Å². The van der Waals surface area contributed by atoms with E-state index in [-0.39, 0.29) is 24.4 Å². The second-order valence-corrected chi connectivity index (χ2v) is 4.59. The van der Waals surface area contributed by atoms with Gasteiger partial charge < -0.3 is 11.1 Å². The molecular weight excluding hydrogens is 224 g/mol. The molecule has 0 bridgehead atoms. The zero-order valence-corrected chi connectivity index (χ0v) is 11.0. The van der Waals surface area contributed by atoms with Gasteiger partial charge in [0.25, 0.3) is 0 Å². The van der Waals surface area contributed by atoms with E-state index in [0.717, 1.165) is 25.7 Å². The molecule has 16 heavy (non-hydrogen) atoms. The fourth-order valence-corrected chi connectivity index (χ4v) is 2.17. The van der Waals surface area contributed by atoms with Crippen LogP contribution in [0.2, 0.25) is 0 Å². The van der Waals surface area contributed by atoms with E-state index in [1.165, 1.54) is 25.7 Å². The largest absolute Gasteiger partial charge is 0.352 e. The molecule has 0 saturated heterocycles. The summed E-state index contributed by atoms with van der Waals surface area (Å²) >= 11 is 0. The molecule has 1 fully saturated rings. The van der Waals surface area contributed by atoms with E-state index in [1.807, 2.05) is 0 Å². The van der Waals surface area contributed by atoms with Crippen LogP contribution in [0.25, 0.3) is 0 Å². The van der Waals surface area contributed by atoms with Crippen LogP contribution in [0.3, 0.4) is 0 Å². The van der Waals surface area contributed by atoms with Gasteiger partial charge in [-0.05, 0) is 19.3 Å². The van der Waals surface area contributed by atoms with Gasteiger partial charge in [-0.25, -0.2) is 0 Å². The fourth-order valence-electron chi connectivity index (χ4n) is 2.17. The van der Waals surface area contributed by atoms with Crippen LogP contribution < -0.4 is 11.1 Å². The number of hydrogen-bond acceptors (Lipinski definition) is 2. The zero-order valence-electron chi connectivity index (χ0n) is 10.2. The van der Waals surface area contributed by atoms with Crippen LogP contribution in [0.5, 0.6) is 0 Å². The first-order valence-electron chi connectivity index (χ1n) is 6.30. The SMILES string of the molecule is CCCC(N)C(=O)NC1CCCCCC1.Cl. The van der Waals surface area contributed by atoms with E-state index in [4.69, 9.17) is 5.73 Å². The van der Waals surface area contributed by atoms with Crippen molar-refractivity contribution in [2.75, 3.05) is 0 Å². The van der Waals surface area contributed by atoms with Gasteiger partial charge in [0, 0.05) is 6.04 Å². The van der Waals surface area contributed by atoms with Gasteiger partial charge in [0.15, 0.2) is 0 Å². The Morgan fingerprint density at radius 3 is 2.38 bits per heavy atom. The normalized spacial score (nSPS) is 19.4. The average molecular weight is 249 g/mol. The summed E-state index contributed by atoms with van der Waals surface area (Å²) in [6.07, 6.45) is 9.13. The highest BCUT2D eigenvalue weighted by atomic mass is 35.5. The second-order valence-electron chi connectivity index (χ2n) is 4.59. The summed E-state index contributed by atoms with van der Waals surface area (Å²) in [5, 5.41) is 3.08. The number of carbonyl (C=O) groups is 1. The molecule has 1 amide bonds. The van der Waals surface area contributed by atoms with Crippen molar-refractivity contribution in [3.05, 3.63) is 0 Å². The number of halogens is 1. The van der Waals surface area contributed by atoms with Crippen LogP contribution in [0.1, 0.15) is 58.3 Å². The zero-order chi connectivity index (χ0) is 11.1. The third-order valence-corrected chi connectivity index (χ3v) is 3.14. The van der Waals surface area contributed by atoms with E-state index in [1.54, 1.807) is 0 Å². The highest BCUT2D eigenvalue weighted by Gasteiger charge is 2.18. The summed E-state index contributed by atoms with van der Waals surface area (Å²) in [7, 11) is 0. The molecule has 0 radical (unpaired) electrons. The minimum Gasteiger partial charge on any atom is -0.352 e. The van der Waals surface area contributed by atoms with Crippen LogP contribution in [0.4, 0.5) is 0 Å². The lowest BCUT2D eigenvalue weighted by molar-refractivity contribution is -0.123. The lowest BCUT2D eigenvalue weighted by atomic mass is 10.1. The van der Waals surface area contributed by atoms with Gasteiger partial charge in [-0.2, -0.15) is 0 Å². The summed E-state index contributed by atoms with van der Waals surface area (Å²) in [6.45, 7) is 2.05. The molecule has 0 aromatic rings. The van der Waals surface area contributed by atoms with Crippen molar-refractivity contribution in [2.24, 2.45) is 5.73 Å². The lowest BCUT2D eigenvalue weighted by Crippen LogP contribution is -2.45. The van der Waals surface area contributed by atoms with Crippen molar-refractivity contribution in [1.82, 2.24) is 5.32 Å². The molecule has 1 atom stereocenters. The monoisotopic (exact) mass is 248 g/mol. The first-order chi connectivity index (χ1) is 7.24. The quantitative estimate of drug-likeness (QED) is 0.751. The molecule has 0 aromatic heterocycles. The maximum Gasteiger partial charge on any atom is 0.237 e. The number of rotatable bonds is 4. The van der Waals surface area contributed by atoms with Crippen LogP contribution in [-0.4, -0.2) is 18.0 Å². The number of nitrogens with one attached hydrogen (secondary N) is 1. The first-order valence-corrected chi connectivity index (χ1v) is 6.30. The number of hydrogen-bond donors (Lipinski definition) is 2. The molecule has 0 heterocycles. The average Bonchev–Trinajstić information content (AvgIpc) is 2.46. The van der Waals surface area contributed by atoms with Crippen molar-refractivity contribution in [1.29, 1.82) is 0 Å². The third-order valence-electron chi connectivity index (χ3n) is 3.14. The van der Waals surface area contributed by atoms with E-state index in [0.29, 0.717) is 6.04 Å². The van der Waals surface area contributed by atoms with Crippen LogP contribution in [0, 0.1) is 0 Å². The Morgan fingerprint density at radius 2 is 1.88 bits per heavy atom. The Kier molecular flexibility index (Phi) is 8.67. The van der Waals surface area contributed by atoms with Gasteiger partial charge >= 0.3 is 0 Å². The Morgan fingerprint density at radius 1 is 1.31 bits per heavy atom. The number of carbonyl (C=O) groups excluding carboxylic acids is 1. The Labute approximate surface area is 105 Å². The predicted octanol–water partition coefficient (Wildman–Crippen LogP) is 2.37. The maximum atomic E-state index is 11.7. The first kappa shape index (κ1) is 15.7. The Bertz CT molecular complexity index is 191. The molecule has 1 saturated carbocycles. The summed E-state index contributed by atoms with van der Waals surface area (Å²) < 4.78 is 0. The molecule has 0 spiro atoms. The Hall–Kier alpha value is -0.280. The lowest BCUT2D eigenvalue weighted by Gasteiger charge is -2.19. The van der Waals surface area contributed by atoms with Crippen LogP contribution in [-0.2, 0) is 4.79 Å². The van der Waals surface area contributed by atoms with Gasteiger partial charge in [0.1, 0.15) is 0 Å². The molecule has 1 rings (SSSR count). The fraction of sp³-hybridized carbons (Fsp3) is 0.917. The van der Waals surface area contributed by atoms with Gasteiger partial charge in [-0.1, -0.05) is 39.0 Å². The van der Waals surface area contributed by atoms with Crippen LogP contribution >= 0.6 is 12.4 Å². The molecule has 1 aliphatic rings. The van der Waals surface area contributed by atoms with Crippen LogP contribution in [0.15, 0.2) is 0 Å². The molecule has 3 N–H and O–H groups in total. The summed E-state index contributed by atoms with van der Waals surface area (Å²) in [6, 6.07) is 0.0705. The summed E-state index contributed by atoms with van der Waals surface area (Å²) in [4.78, 5) is 11.7. The molecular formula is C12H25ClN2O. The highest BCUT2D eigenvalue weighted by Crippen LogP contribution is 2.17. The highest BCUT2D eigenvalue weighted by molar-refractivity contribution is 5.85. The summed E-state index contributed by atoms with van der Waals surface area (Å²) in [5.74, 6) is 0.0451. The van der Waals surface area contributed by atoms with Gasteiger partial charge in [0.05, 0.1) is 6.04 Å². The molecule has 0 aliphatic heterocycles. The molecule has 96 valence electrons. The van der Waals surface area contributed by atoms with Gasteiger partial charge in [0.2, 0.25) is 5.91 Å². The molecule has 0 aromatic carbocycles. The van der Waals surface area contributed by atoms with Gasteiger partial charge in [-0.15, -0.1) is 12.4 Å². The number of amides is 1. The third kappa shape index (κ3) is 5.71. The topological polar surface area (TPSA) is 55.1 Å². The van der Waals surface area contributed by atoms with Crippen molar-refractivity contribution in [3.8, 4) is 0 Å². The predicted molar refractivity (Wildman–Crippen MR) is 69.8 cm³/mol. The molecule has 1 aliphatic carbocycles. The molecule has 1 unspecified atom stereocenters. The molecule has 3 nitrogen and oxygen atoms in total. The second kappa shape index (κ2) is 8.82. The van der Waals surface area contributed by atoms with Crippen molar-refractivity contribution in [3.63, 3.8) is 0 Å². The van der Waals surface area contributed by atoms with E-state index in [9.17, 15) is 4.79 Å². The van der Waals surface area contributed by atoms with Crippen molar-refractivity contribution in [2.45, 2.75) is 70.4 Å². The van der Waals surface area contributed by atoms with E-state index < -0.39 is 0 Å². The summed E-state index contributed by atoms with van der Waals surface area (Å²) in [5.41, 5.74) is 5.77. The van der Waals surface area contributed by atoms with Crippen molar-refractivity contribution < 1.29 is 4.79 Å². The maximum absolute atomic E-state index is 11.7. The molecule has 4 heteroatoms.